The van der Waals surface area contributed by atoms with Crippen molar-refractivity contribution in [2.24, 2.45) is 11.3 Å². The first-order chi connectivity index (χ1) is 9.12. The van der Waals surface area contributed by atoms with Gasteiger partial charge in [0.1, 0.15) is 0 Å². The van der Waals surface area contributed by atoms with Crippen LogP contribution >= 0.6 is 0 Å². The third kappa shape index (κ3) is 6.21. The summed E-state index contributed by atoms with van der Waals surface area (Å²) in [4.78, 5) is 2.45. The summed E-state index contributed by atoms with van der Waals surface area (Å²) in [6, 6.07) is 0. The van der Waals surface area contributed by atoms with Gasteiger partial charge in [-0.25, -0.2) is 0 Å². The van der Waals surface area contributed by atoms with Crippen molar-refractivity contribution >= 4 is 0 Å². The minimum Gasteiger partial charge on any atom is -0.396 e. The van der Waals surface area contributed by atoms with Crippen molar-refractivity contribution in [2.45, 2.75) is 33.6 Å². The van der Waals surface area contributed by atoms with Gasteiger partial charge < -0.3 is 20.1 Å². The molecule has 0 aromatic carbocycles. The summed E-state index contributed by atoms with van der Waals surface area (Å²) in [7, 11) is 0. The second-order valence-corrected chi connectivity index (χ2v) is 6.27. The fourth-order valence-electron chi connectivity index (χ4n) is 2.71. The lowest BCUT2D eigenvalue weighted by Gasteiger charge is -2.34. The van der Waals surface area contributed by atoms with Gasteiger partial charge in [0, 0.05) is 38.3 Å². The van der Waals surface area contributed by atoms with E-state index in [0.29, 0.717) is 5.92 Å². The van der Waals surface area contributed by atoms with Crippen LogP contribution in [0.1, 0.15) is 33.6 Å². The zero-order valence-electron chi connectivity index (χ0n) is 13.0. The van der Waals surface area contributed by atoms with Crippen LogP contribution in [-0.2, 0) is 4.74 Å². The van der Waals surface area contributed by atoms with Gasteiger partial charge in [-0.2, -0.15) is 0 Å². The van der Waals surface area contributed by atoms with Crippen molar-refractivity contribution in [1.82, 2.24) is 10.2 Å². The van der Waals surface area contributed by atoms with Crippen LogP contribution in [0, 0.1) is 11.3 Å². The summed E-state index contributed by atoms with van der Waals surface area (Å²) in [6.45, 7) is 13.9. The van der Waals surface area contributed by atoms with E-state index < -0.39 is 0 Å². The molecule has 4 nitrogen and oxygen atoms in total. The lowest BCUT2D eigenvalue weighted by atomic mass is 9.86. The van der Waals surface area contributed by atoms with Crippen LogP contribution in [0.25, 0.3) is 0 Å². The van der Waals surface area contributed by atoms with E-state index in [1.807, 2.05) is 0 Å². The molecule has 0 spiro atoms. The van der Waals surface area contributed by atoms with Crippen LogP contribution in [0.15, 0.2) is 0 Å². The number of ether oxygens (including phenoxy) is 1. The molecule has 4 heteroatoms. The highest BCUT2D eigenvalue weighted by Crippen LogP contribution is 2.29. The van der Waals surface area contributed by atoms with Gasteiger partial charge in [-0.15, -0.1) is 0 Å². The largest absolute Gasteiger partial charge is 0.396 e. The van der Waals surface area contributed by atoms with Gasteiger partial charge in [0.25, 0.3) is 0 Å². The molecule has 1 fully saturated rings. The first-order valence-corrected chi connectivity index (χ1v) is 7.73. The zero-order valence-corrected chi connectivity index (χ0v) is 13.0. The SMILES string of the molecule is CCN(CCCO)CC1(CNCC(C)C)CCOC1. The predicted octanol–water partition coefficient (Wildman–Crippen LogP) is 1.34. The molecule has 0 aromatic rings. The van der Waals surface area contributed by atoms with Gasteiger partial charge in [0.05, 0.1) is 6.61 Å². The molecule has 1 unspecified atom stereocenters. The summed E-state index contributed by atoms with van der Waals surface area (Å²) in [5.74, 6) is 0.691. The summed E-state index contributed by atoms with van der Waals surface area (Å²) in [6.07, 6.45) is 2.01. The highest BCUT2D eigenvalue weighted by Gasteiger charge is 2.35. The number of aliphatic hydroxyl groups is 1. The van der Waals surface area contributed by atoms with Crippen LogP contribution < -0.4 is 5.32 Å². The van der Waals surface area contributed by atoms with Crippen LogP contribution in [0.2, 0.25) is 0 Å². The average molecular weight is 272 g/mol. The van der Waals surface area contributed by atoms with Crippen LogP contribution in [-0.4, -0.2) is 62.6 Å². The van der Waals surface area contributed by atoms with E-state index in [4.69, 9.17) is 9.84 Å². The molecular weight excluding hydrogens is 240 g/mol. The van der Waals surface area contributed by atoms with Gasteiger partial charge in [0.15, 0.2) is 0 Å². The van der Waals surface area contributed by atoms with E-state index in [1.165, 1.54) is 0 Å². The Balaban J connectivity index is 2.45. The van der Waals surface area contributed by atoms with Gasteiger partial charge in [-0.05, 0) is 31.8 Å². The van der Waals surface area contributed by atoms with Crippen molar-refractivity contribution in [3.05, 3.63) is 0 Å². The second-order valence-electron chi connectivity index (χ2n) is 6.27. The third-order valence-corrected chi connectivity index (χ3v) is 3.88. The fraction of sp³-hybridized carbons (Fsp3) is 1.00. The Morgan fingerprint density at radius 3 is 2.74 bits per heavy atom. The van der Waals surface area contributed by atoms with E-state index in [9.17, 15) is 0 Å². The molecule has 1 heterocycles. The second kappa shape index (κ2) is 8.90. The maximum atomic E-state index is 8.97. The minimum absolute atomic E-state index is 0.264. The van der Waals surface area contributed by atoms with Gasteiger partial charge in [0.2, 0.25) is 0 Å². The number of rotatable bonds is 10. The summed E-state index contributed by atoms with van der Waals surface area (Å²) in [5, 5.41) is 12.6. The Morgan fingerprint density at radius 1 is 1.42 bits per heavy atom. The Hall–Kier alpha value is -0.160. The predicted molar refractivity (Wildman–Crippen MR) is 79.4 cm³/mol. The first kappa shape index (κ1) is 16.9. The Kier molecular flexibility index (Phi) is 7.91. The van der Waals surface area contributed by atoms with E-state index >= 15 is 0 Å². The first-order valence-electron chi connectivity index (χ1n) is 7.73. The van der Waals surface area contributed by atoms with Crippen molar-refractivity contribution in [3.63, 3.8) is 0 Å². The van der Waals surface area contributed by atoms with Crippen LogP contribution in [0.4, 0.5) is 0 Å². The van der Waals surface area contributed by atoms with Gasteiger partial charge in [-0.3, -0.25) is 0 Å². The van der Waals surface area contributed by atoms with E-state index in [-0.39, 0.29) is 12.0 Å². The molecule has 0 saturated carbocycles. The van der Waals surface area contributed by atoms with Crippen molar-refractivity contribution < 1.29 is 9.84 Å². The van der Waals surface area contributed by atoms with Crippen LogP contribution in [0.3, 0.4) is 0 Å². The molecule has 19 heavy (non-hydrogen) atoms. The molecular formula is C15H32N2O2. The van der Waals surface area contributed by atoms with E-state index in [0.717, 1.165) is 58.8 Å². The number of nitrogens with zero attached hydrogens (tertiary/aromatic N) is 1. The normalized spacial score (nSPS) is 23.7. The fourth-order valence-corrected chi connectivity index (χ4v) is 2.71. The maximum absolute atomic E-state index is 8.97. The molecule has 1 aliphatic rings. The van der Waals surface area contributed by atoms with E-state index in [1.54, 1.807) is 0 Å². The standard InChI is InChI=1S/C15H32N2O2/c1-4-17(7-5-8-18)12-15(6-9-19-13-15)11-16-10-14(2)3/h14,16,18H,4-13H2,1-3H3. The summed E-state index contributed by atoms with van der Waals surface area (Å²) >= 11 is 0. The molecule has 0 radical (unpaired) electrons. The molecule has 0 amide bonds. The minimum atomic E-state index is 0.264. The lowest BCUT2D eigenvalue weighted by molar-refractivity contribution is 0.106. The molecule has 114 valence electrons. The lowest BCUT2D eigenvalue weighted by Crippen LogP contribution is -2.45. The third-order valence-electron chi connectivity index (χ3n) is 3.88. The molecule has 0 bridgehead atoms. The van der Waals surface area contributed by atoms with Gasteiger partial charge in [-0.1, -0.05) is 20.8 Å². The van der Waals surface area contributed by atoms with Crippen LogP contribution in [0.5, 0.6) is 0 Å². The van der Waals surface area contributed by atoms with Crippen molar-refractivity contribution in [2.75, 3.05) is 52.5 Å². The topological polar surface area (TPSA) is 44.7 Å². The van der Waals surface area contributed by atoms with Crippen molar-refractivity contribution in [1.29, 1.82) is 0 Å². The average Bonchev–Trinajstić information content (AvgIpc) is 2.83. The molecule has 0 aliphatic carbocycles. The summed E-state index contributed by atoms with van der Waals surface area (Å²) < 4.78 is 5.65. The molecule has 1 atom stereocenters. The molecule has 0 aromatic heterocycles. The highest BCUT2D eigenvalue weighted by molar-refractivity contribution is 4.88. The Morgan fingerprint density at radius 2 is 2.21 bits per heavy atom. The maximum Gasteiger partial charge on any atom is 0.0547 e. The smallest absolute Gasteiger partial charge is 0.0547 e. The zero-order chi connectivity index (χ0) is 14.1. The summed E-state index contributed by atoms with van der Waals surface area (Å²) in [5.41, 5.74) is 0.264. The molecule has 2 N–H and O–H groups in total. The number of aliphatic hydroxyl groups excluding tert-OH is 1. The highest BCUT2D eigenvalue weighted by atomic mass is 16.5. The number of hydrogen-bond donors (Lipinski definition) is 2. The Bertz CT molecular complexity index is 228. The monoisotopic (exact) mass is 272 g/mol. The van der Waals surface area contributed by atoms with Crippen molar-refractivity contribution in [3.8, 4) is 0 Å². The number of hydrogen-bond acceptors (Lipinski definition) is 4. The van der Waals surface area contributed by atoms with Gasteiger partial charge >= 0.3 is 0 Å². The number of nitrogens with one attached hydrogen (secondary N) is 1. The molecule has 1 saturated heterocycles. The molecule has 1 rings (SSSR count). The Labute approximate surface area is 118 Å². The quantitative estimate of drug-likeness (QED) is 0.630. The molecule has 1 aliphatic heterocycles. The van der Waals surface area contributed by atoms with E-state index in [2.05, 4.69) is 31.0 Å².